The van der Waals surface area contributed by atoms with E-state index in [1.807, 2.05) is 13.8 Å². The third-order valence-electron chi connectivity index (χ3n) is 2.45. The molecule has 0 fully saturated rings. The standard InChI is InChI=1S/C12H17ClFNO/c1-12(2,16-3)8-15-7-9-5-4-6-10(13)11(9)14/h4-6,15H,7-8H2,1-3H3. The van der Waals surface area contributed by atoms with Crippen LogP contribution < -0.4 is 5.32 Å². The van der Waals surface area contributed by atoms with E-state index in [-0.39, 0.29) is 16.4 Å². The maximum absolute atomic E-state index is 13.5. The molecule has 0 saturated heterocycles. The third kappa shape index (κ3) is 3.74. The topological polar surface area (TPSA) is 21.3 Å². The molecule has 0 amide bonds. The molecule has 0 atom stereocenters. The number of benzene rings is 1. The van der Waals surface area contributed by atoms with E-state index in [1.165, 1.54) is 0 Å². The van der Waals surface area contributed by atoms with Crippen LogP contribution in [-0.2, 0) is 11.3 Å². The second-order valence-corrected chi connectivity index (χ2v) is 4.69. The number of methoxy groups -OCH3 is 1. The van der Waals surface area contributed by atoms with Crippen molar-refractivity contribution < 1.29 is 9.13 Å². The van der Waals surface area contributed by atoms with E-state index in [9.17, 15) is 4.39 Å². The second-order valence-electron chi connectivity index (χ2n) is 4.28. The van der Waals surface area contributed by atoms with Gasteiger partial charge in [-0.25, -0.2) is 4.39 Å². The average molecular weight is 246 g/mol. The number of rotatable bonds is 5. The summed E-state index contributed by atoms with van der Waals surface area (Å²) in [6.45, 7) is 5.03. The zero-order chi connectivity index (χ0) is 12.2. The fraction of sp³-hybridized carbons (Fsp3) is 0.500. The van der Waals surface area contributed by atoms with Crippen molar-refractivity contribution in [2.24, 2.45) is 0 Å². The Morgan fingerprint density at radius 1 is 1.44 bits per heavy atom. The third-order valence-corrected chi connectivity index (χ3v) is 2.74. The van der Waals surface area contributed by atoms with Crippen LogP contribution in [0.2, 0.25) is 5.02 Å². The van der Waals surface area contributed by atoms with Gasteiger partial charge in [0.15, 0.2) is 0 Å². The highest BCUT2D eigenvalue weighted by Gasteiger charge is 2.15. The Labute approximate surface area is 101 Å². The molecule has 0 aromatic heterocycles. The van der Waals surface area contributed by atoms with Gasteiger partial charge in [-0.2, -0.15) is 0 Å². The molecule has 4 heteroatoms. The summed E-state index contributed by atoms with van der Waals surface area (Å²) in [7, 11) is 1.65. The van der Waals surface area contributed by atoms with Crippen LogP contribution in [0, 0.1) is 5.82 Å². The fourth-order valence-electron chi connectivity index (χ4n) is 1.26. The largest absolute Gasteiger partial charge is 0.377 e. The molecule has 0 radical (unpaired) electrons. The number of hydrogen-bond acceptors (Lipinski definition) is 2. The quantitative estimate of drug-likeness (QED) is 0.861. The fourth-order valence-corrected chi connectivity index (χ4v) is 1.45. The van der Waals surface area contributed by atoms with Crippen LogP contribution in [0.15, 0.2) is 18.2 Å². The van der Waals surface area contributed by atoms with Crippen LogP contribution >= 0.6 is 11.6 Å². The van der Waals surface area contributed by atoms with E-state index in [0.29, 0.717) is 18.7 Å². The first kappa shape index (κ1) is 13.4. The Balaban J connectivity index is 2.53. The molecule has 1 aromatic rings. The van der Waals surface area contributed by atoms with Gasteiger partial charge < -0.3 is 10.1 Å². The highest BCUT2D eigenvalue weighted by Crippen LogP contribution is 2.17. The number of ether oxygens (including phenoxy) is 1. The first-order valence-corrected chi connectivity index (χ1v) is 5.53. The Bertz CT molecular complexity index is 355. The highest BCUT2D eigenvalue weighted by atomic mass is 35.5. The SMILES string of the molecule is COC(C)(C)CNCc1cccc(Cl)c1F. The van der Waals surface area contributed by atoms with Crippen LogP contribution in [0.25, 0.3) is 0 Å². The summed E-state index contributed by atoms with van der Waals surface area (Å²) in [5, 5.41) is 3.29. The Kier molecular flexibility index (Phi) is 4.71. The van der Waals surface area contributed by atoms with Crippen molar-refractivity contribution in [3.8, 4) is 0 Å². The van der Waals surface area contributed by atoms with Gasteiger partial charge >= 0.3 is 0 Å². The minimum atomic E-state index is -0.355. The number of halogens is 2. The molecule has 1 aromatic carbocycles. The normalized spacial score (nSPS) is 11.8. The maximum atomic E-state index is 13.5. The lowest BCUT2D eigenvalue weighted by atomic mass is 10.1. The lowest BCUT2D eigenvalue weighted by molar-refractivity contribution is 0.0230. The summed E-state index contributed by atoms with van der Waals surface area (Å²) in [4.78, 5) is 0. The molecule has 0 aliphatic heterocycles. The molecule has 0 aliphatic carbocycles. The van der Waals surface area contributed by atoms with Gasteiger partial charge in [0.05, 0.1) is 10.6 Å². The highest BCUT2D eigenvalue weighted by molar-refractivity contribution is 6.30. The zero-order valence-corrected chi connectivity index (χ0v) is 10.6. The molecule has 0 heterocycles. The lowest BCUT2D eigenvalue weighted by Gasteiger charge is -2.23. The average Bonchev–Trinajstić information content (AvgIpc) is 2.24. The summed E-state index contributed by atoms with van der Waals surface area (Å²) >= 11 is 5.68. The van der Waals surface area contributed by atoms with Crippen molar-refractivity contribution in [2.75, 3.05) is 13.7 Å². The smallest absolute Gasteiger partial charge is 0.146 e. The Morgan fingerprint density at radius 3 is 2.75 bits per heavy atom. The van der Waals surface area contributed by atoms with Gasteiger partial charge in [-0.05, 0) is 19.9 Å². The lowest BCUT2D eigenvalue weighted by Crippen LogP contribution is -2.36. The molecule has 0 bridgehead atoms. The monoisotopic (exact) mass is 245 g/mol. The predicted octanol–water partition coefficient (Wildman–Crippen LogP) is 2.99. The maximum Gasteiger partial charge on any atom is 0.146 e. The first-order valence-electron chi connectivity index (χ1n) is 5.15. The van der Waals surface area contributed by atoms with Crippen LogP contribution in [0.3, 0.4) is 0 Å². The molecule has 0 saturated carbocycles. The van der Waals surface area contributed by atoms with Gasteiger partial charge in [-0.1, -0.05) is 23.7 Å². The molecule has 1 N–H and O–H groups in total. The molecular formula is C12H17ClFNO. The van der Waals surface area contributed by atoms with Crippen molar-refractivity contribution in [3.63, 3.8) is 0 Å². The molecule has 0 spiro atoms. The minimum absolute atomic E-state index is 0.158. The van der Waals surface area contributed by atoms with Gasteiger partial charge in [0.1, 0.15) is 5.82 Å². The molecule has 90 valence electrons. The van der Waals surface area contributed by atoms with Gasteiger partial charge in [0.25, 0.3) is 0 Å². The van der Waals surface area contributed by atoms with Crippen LogP contribution in [0.5, 0.6) is 0 Å². The van der Waals surface area contributed by atoms with Crippen molar-refractivity contribution in [2.45, 2.75) is 26.0 Å². The van der Waals surface area contributed by atoms with Crippen molar-refractivity contribution in [1.82, 2.24) is 5.32 Å². The van der Waals surface area contributed by atoms with Crippen molar-refractivity contribution in [1.29, 1.82) is 0 Å². The van der Waals surface area contributed by atoms with Gasteiger partial charge in [-0.15, -0.1) is 0 Å². The Hall–Kier alpha value is -0.640. The van der Waals surface area contributed by atoms with Gasteiger partial charge in [0.2, 0.25) is 0 Å². The molecule has 0 unspecified atom stereocenters. The second kappa shape index (κ2) is 5.62. The molecule has 1 rings (SSSR count). The first-order chi connectivity index (χ1) is 7.46. The van der Waals surface area contributed by atoms with Crippen LogP contribution in [-0.4, -0.2) is 19.3 Å². The summed E-state index contributed by atoms with van der Waals surface area (Å²) < 4.78 is 18.7. The summed E-state index contributed by atoms with van der Waals surface area (Å²) in [6, 6.07) is 5.00. The van der Waals surface area contributed by atoms with Gasteiger partial charge in [-0.3, -0.25) is 0 Å². The van der Waals surface area contributed by atoms with E-state index in [4.69, 9.17) is 16.3 Å². The molecular weight excluding hydrogens is 229 g/mol. The molecule has 0 aliphatic rings. The van der Waals surface area contributed by atoms with E-state index in [1.54, 1.807) is 25.3 Å². The molecule has 16 heavy (non-hydrogen) atoms. The summed E-state index contributed by atoms with van der Waals surface area (Å²) in [5.41, 5.74) is 0.314. The van der Waals surface area contributed by atoms with E-state index in [2.05, 4.69) is 5.32 Å². The van der Waals surface area contributed by atoms with Crippen LogP contribution in [0.1, 0.15) is 19.4 Å². The number of hydrogen-bond donors (Lipinski definition) is 1. The minimum Gasteiger partial charge on any atom is -0.377 e. The van der Waals surface area contributed by atoms with E-state index in [0.717, 1.165) is 0 Å². The van der Waals surface area contributed by atoms with E-state index < -0.39 is 0 Å². The summed E-state index contributed by atoms with van der Waals surface area (Å²) in [5.74, 6) is -0.355. The Morgan fingerprint density at radius 2 is 2.12 bits per heavy atom. The molecule has 2 nitrogen and oxygen atoms in total. The van der Waals surface area contributed by atoms with E-state index >= 15 is 0 Å². The van der Waals surface area contributed by atoms with Gasteiger partial charge in [0, 0.05) is 25.8 Å². The van der Waals surface area contributed by atoms with Crippen molar-refractivity contribution >= 4 is 11.6 Å². The number of nitrogens with one attached hydrogen (secondary N) is 1. The predicted molar refractivity (Wildman–Crippen MR) is 64.2 cm³/mol. The zero-order valence-electron chi connectivity index (χ0n) is 9.81. The van der Waals surface area contributed by atoms with Crippen molar-refractivity contribution in [3.05, 3.63) is 34.6 Å². The summed E-state index contributed by atoms with van der Waals surface area (Å²) in [6.07, 6.45) is 0. The van der Waals surface area contributed by atoms with Crippen LogP contribution in [0.4, 0.5) is 4.39 Å².